The molecule has 112 valence electrons. The molecule has 6 nitrogen and oxygen atoms in total. The van der Waals surface area contributed by atoms with Crippen LogP contribution in [0, 0.1) is 12.8 Å². The van der Waals surface area contributed by atoms with Crippen LogP contribution in [0.1, 0.15) is 12.5 Å². The summed E-state index contributed by atoms with van der Waals surface area (Å²) in [6.07, 6.45) is 1.66. The minimum absolute atomic E-state index is 0.147. The molecule has 1 heterocycles. The van der Waals surface area contributed by atoms with Gasteiger partial charge in [-0.2, -0.15) is 0 Å². The molecule has 21 heavy (non-hydrogen) atoms. The molecule has 1 aromatic carbocycles. The van der Waals surface area contributed by atoms with Crippen LogP contribution >= 0.6 is 0 Å². The molecule has 1 aromatic heterocycles. The molecule has 0 aliphatic heterocycles. The molecule has 6 heteroatoms. The normalized spacial score (nSPS) is 12.1. The van der Waals surface area contributed by atoms with Crippen molar-refractivity contribution >= 4 is 28.7 Å². The van der Waals surface area contributed by atoms with Gasteiger partial charge in [0.15, 0.2) is 0 Å². The number of carboxylic acid groups (broad SMARTS) is 1. The fourth-order valence-electron chi connectivity index (χ4n) is 2.02. The van der Waals surface area contributed by atoms with Gasteiger partial charge in [0, 0.05) is 24.7 Å². The van der Waals surface area contributed by atoms with Gasteiger partial charge in [-0.25, -0.2) is 4.79 Å². The van der Waals surface area contributed by atoms with Crippen LogP contribution in [0.3, 0.4) is 0 Å². The van der Waals surface area contributed by atoms with Gasteiger partial charge in [-0.05, 0) is 30.7 Å². The number of furan rings is 1. The summed E-state index contributed by atoms with van der Waals surface area (Å²) in [6, 6.07) is 5.03. The Morgan fingerprint density at radius 3 is 2.81 bits per heavy atom. The molecule has 1 atom stereocenters. The van der Waals surface area contributed by atoms with E-state index in [1.165, 1.54) is 4.90 Å². The van der Waals surface area contributed by atoms with Gasteiger partial charge in [0.1, 0.15) is 5.58 Å². The summed E-state index contributed by atoms with van der Waals surface area (Å²) in [5, 5.41) is 12.5. The summed E-state index contributed by atoms with van der Waals surface area (Å²) in [5.74, 6) is -1.54. The van der Waals surface area contributed by atoms with Crippen molar-refractivity contribution in [1.29, 1.82) is 0 Å². The first-order valence-electron chi connectivity index (χ1n) is 6.61. The number of hydrogen-bond acceptors (Lipinski definition) is 3. The molecule has 2 amide bonds. The topological polar surface area (TPSA) is 82.8 Å². The minimum atomic E-state index is -0.926. The Bertz CT molecular complexity index is 677. The van der Waals surface area contributed by atoms with Gasteiger partial charge in [-0.3, -0.25) is 4.79 Å². The first-order valence-corrected chi connectivity index (χ1v) is 6.61. The average molecular weight is 290 g/mol. The maximum Gasteiger partial charge on any atom is 0.321 e. The summed E-state index contributed by atoms with van der Waals surface area (Å²) in [5.41, 5.74) is 2.40. The first-order chi connectivity index (χ1) is 9.88. The number of nitrogens with one attached hydrogen (secondary N) is 1. The van der Waals surface area contributed by atoms with E-state index in [1.807, 2.05) is 13.0 Å². The third-order valence-corrected chi connectivity index (χ3v) is 3.33. The second-order valence-electron chi connectivity index (χ2n) is 5.18. The lowest BCUT2D eigenvalue weighted by molar-refractivity contribution is -0.141. The lowest BCUT2D eigenvalue weighted by Crippen LogP contribution is -2.36. The van der Waals surface area contributed by atoms with Crippen LogP contribution < -0.4 is 5.32 Å². The van der Waals surface area contributed by atoms with Crippen LogP contribution in [-0.4, -0.2) is 35.6 Å². The SMILES string of the molecule is Cc1coc2ccc(NC(=O)N(C)CC(C)C(=O)O)cc12. The molecule has 0 fully saturated rings. The number of aryl methyl sites for hydroxylation is 1. The molecule has 2 aromatic rings. The predicted octanol–water partition coefficient (Wildman–Crippen LogP) is 2.93. The summed E-state index contributed by atoms with van der Waals surface area (Å²) >= 11 is 0. The third-order valence-electron chi connectivity index (χ3n) is 3.33. The largest absolute Gasteiger partial charge is 0.481 e. The van der Waals surface area contributed by atoms with Crippen molar-refractivity contribution in [2.45, 2.75) is 13.8 Å². The number of aliphatic carboxylic acids is 1. The molecular formula is C15H18N2O4. The zero-order valence-corrected chi connectivity index (χ0v) is 12.2. The summed E-state index contributed by atoms with van der Waals surface area (Å²) in [6.45, 7) is 3.64. The fraction of sp³-hybridized carbons (Fsp3) is 0.333. The Balaban J connectivity index is 2.06. The third kappa shape index (κ3) is 3.34. The Morgan fingerprint density at radius 2 is 2.14 bits per heavy atom. The molecule has 0 saturated heterocycles. The molecular weight excluding hydrogens is 272 g/mol. The summed E-state index contributed by atoms with van der Waals surface area (Å²) in [7, 11) is 1.57. The van der Waals surface area contributed by atoms with Crippen LogP contribution in [0.4, 0.5) is 10.5 Å². The van der Waals surface area contributed by atoms with Gasteiger partial charge in [0.25, 0.3) is 0 Å². The smallest absolute Gasteiger partial charge is 0.321 e. The second kappa shape index (κ2) is 5.87. The van der Waals surface area contributed by atoms with Crippen molar-refractivity contribution < 1.29 is 19.1 Å². The number of nitrogens with zero attached hydrogens (tertiary/aromatic N) is 1. The molecule has 0 radical (unpaired) electrons. The van der Waals surface area contributed by atoms with Crippen LogP contribution in [0.5, 0.6) is 0 Å². The first kappa shape index (κ1) is 14.9. The van der Waals surface area contributed by atoms with E-state index in [4.69, 9.17) is 9.52 Å². The van der Waals surface area contributed by atoms with Crippen molar-refractivity contribution in [3.05, 3.63) is 30.0 Å². The molecule has 0 saturated carbocycles. The Kier molecular flexibility index (Phi) is 4.16. The number of carbonyl (C=O) groups excluding carboxylic acids is 1. The standard InChI is InChI=1S/C15H18N2O4/c1-9(14(18)19)7-17(3)15(20)16-11-4-5-13-12(6-11)10(2)8-21-13/h4-6,8-9H,7H2,1-3H3,(H,16,20)(H,18,19). The van der Waals surface area contributed by atoms with E-state index in [1.54, 1.807) is 32.4 Å². The fourth-order valence-corrected chi connectivity index (χ4v) is 2.02. The van der Waals surface area contributed by atoms with Crippen LogP contribution in [0.25, 0.3) is 11.0 Å². The van der Waals surface area contributed by atoms with Crippen molar-refractivity contribution in [2.75, 3.05) is 18.9 Å². The van der Waals surface area contributed by atoms with Crippen molar-refractivity contribution in [3.63, 3.8) is 0 Å². The minimum Gasteiger partial charge on any atom is -0.481 e. The Labute approximate surface area is 122 Å². The molecule has 0 spiro atoms. The van der Waals surface area contributed by atoms with Crippen LogP contribution in [0.2, 0.25) is 0 Å². The van der Waals surface area contributed by atoms with E-state index >= 15 is 0 Å². The highest BCUT2D eigenvalue weighted by Gasteiger charge is 2.17. The highest BCUT2D eigenvalue weighted by Crippen LogP contribution is 2.24. The van der Waals surface area contributed by atoms with Crippen molar-refractivity contribution in [3.8, 4) is 0 Å². The van der Waals surface area contributed by atoms with E-state index in [-0.39, 0.29) is 12.6 Å². The van der Waals surface area contributed by atoms with Gasteiger partial charge >= 0.3 is 12.0 Å². The Hall–Kier alpha value is -2.50. The van der Waals surface area contributed by atoms with Gasteiger partial charge in [0.2, 0.25) is 0 Å². The van der Waals surface area contributed by atoms with Gasteiger partial charge in [0.05, 0.1) is 12.2 Å². The van der Waals surface area contributed by atoms with Gasteiger partial charge in [-0.15, -0.1) is 0 Å². The monoisotopic (exact) mass is 290 g/mol. The van der Waals surface area contributed by atoms with E-state index in [0.29, 0.717) is 5.69 Å². The lowest BCUT2D eigenvalue weighted by Gasteiger charge is -2.20. The molecule has 2 N–H and O–H groups in total. The highest BCUT2D eigenvalue weighted by molar-refractivity contribution is 5.93. The molecule has 2 rings (SSSR count). The molecule has 0 aliphatic rings. The average Bonchev–Trinajstić information content (AvgIpc) is 2.80. The van der Waals surface area contributed by atoms with E-state index in [2.05, 4.69) is 5.32 Å². The van der Waals surface area contributed by atoms with Gasteiger partial charge < -0.3 is 19.7 Å². The van der Waals surface area contributed by atoms with Gasteiger partial charge in [-0.1, -0.05) is 6.92 Å². The quantitative estimate of drug-likeness (QED) is 0.907. The van der Waals surface area contributed by atoms with E-state index in [0.717, 1.165) is 16.5 Å². The van der Waals surface area contributed by atoms with Crippen molar-refractivity contribution in [2.24, 2.45) is 5.92 Å². The Morgan fingerprint density at radius 1 is 1.43 bits per heavy atom. The number of amides is 2. The molecule has 1 unspecified atom stereocenters. The number of carboxylic acids is 1. The molecule has 0 aliphatic carbocycles. The number of anilines is 1. The van der Waals surface area contributed by atoms with Crippen LogP contribution in [0.15, 0.2) is 28.9 Å². The zero-order valence-electron chi connectivity index (χ0n) is 12.2. The second-order valence-corrected chi connectivity index (χ2v) is 5.18. The summed E-state index contributed by atoms with van der Waals surface area (Å²) in [4.78, 5) is 24.2. The number of hydrogen-bond donors (Lipinski definition) is 2. The number of fused-ring (bicyclic) bond motifs is 1. The number of benzene rings is 1. The zero-order chi connectivity index (χ0) is 15.6. The lowest BCUT2D eigenvalue weighted by atomic mass is 10.1. The maximum absolute atomic E-state index is 12.0. The van der Waals surface area contributed by atoms with E-state index in [9.17, 15) is 9.59 Å². The molecule has 0 bridgehead atoms. The van der Waals surface area contributed by atoms with Crippen molar-refractivity contribution in [1.82, 2.24) is 4.90 Å². The predicted molar refractivity (Wildman–Crippen MR) is 79.4 cm³/mol. The number of rotatable bonds is 4. The number of urea groups is 1. The highest BCUT2D eigenvalue weighted by atomic mass is 16.4. The summed E-state index contributed by atoms with van der Waals surface area (Å²) < 4.78 is 5.35. The van der Waals surface area contributed by atoms with Crippen LogP contribution in [-0.2, 0) is 4.79 Å². The number of carbonyl (C=O) groups is 2. The maximum atomic E-state index is 12.0. The van der Waals surface area contributed by atoms with E-state index < -0.39 is 11.9 Å².